The van der Waals surface area contributed by atoms with Gasteiger partial charge in [0.05, 0.1) is 10.6 Å². The average Bonchev–Trinajstić information content (AvgIpc) is 3.12. The first kappa shape index (κ1) is 19.1. The number of benzene rings is 2. The van der Waals surface area contributed by atoms with Crippen molar-refractivity contribution in [3.05, 3.63) is 78.8 Å². The second kappa shape index (κ2) is 7.00. The van der Waals surface area contributed by atoms with Crippen molar-refractivity contribution < 1.29 is 8.42 Å². The largest absolute Gasteiger partial charge is 0.291 e. The van der Waals surface area contributed by atoms with Crippen molar-refractivity contribution in [3.63, 3.8) is 0 Å². The summed E-state index contributed by atoms with van der Waals surface area (Å²) < 4.78 is 30.1. The highest BCUT2D eigenvalue weighted by molar-refractivity contribution is 7.92. The molecule has 2 heterocycles. The van der Waals surface area contributed by atoms with Crippen LogP contribution in [-0.4, -0.2) is 22.8 Å². The van der Waals surface area contributed by atoms with Crippen LogP contribution in [0.25, 0.3) is 17.0 Å². The molecule has 4 aromatic rings. The van der Waals surface area contributed by atoms with E-state index in [2.05, 4.69) is 35.5 Å². The lowest BCUT2D eigenvalue weighted by Gasteiger charge is -2.19. The van der Waals surface area contributed by atoms with Gasteiger partial charge in [-0.05, 0) is 41.3 Å². The quantitative estimate of drug-likeness (QED) is 0.542. The maximum Gasteiger partial charge on any atom is 0.261 e. The standard InChI is InChI=1S/C22H22N4O2S/c1-22(2,3)17-8-10-19(11-9-17)29(27,28)25-18-7-4-6-16(14-18)20-15-26-13-5-12-23-21(26)24-20/h4-15,25H,1-3H3. The zero-order valence-electron chi connectivity index (χ0n) is 16.5. The minimum atomic E-state index is -3.69. The molecule has 0 aliphatic heterocycles. The van der Waals surface area contributed by atoms with E-state index in [0.717, 1.165) is 16.8 Å². The van der Waals surface area contributed by atoms with Gasteiger partial charge in [-0.2, -0.15) is 0 Å². The Morgan fingerprint density at radius 1 is 1.00 bits per heavy atom. The molecular formula is C22H22N4O2S. The molecule has 0 fully saturated rings. The molecule has 4 rings (SSSR count). The molecule has 0 spiro atoms. The number of aromatic nitrogens is 3. The molecule has 148 valence electrons. The number of hydrogen-bond acceptors (Lipinski definition) is 4. The number of nitrogens with one attached hydrogen (secondary N) is 1. The van der Waals surface area contributed by atoms with E-state index >= 15 is 0 Å². The molecule has 0 unspecified atom stereocenters. The molecule has 0 saturated carbocycles. The van der Waals surface area contributed by atoms with Gasteiger partial charge in [0, 0.05) is 29.8 Å². The smallest absolute Gasteiger partial charge is 0.261 e. The Morgan fingerprint density at radius 2 is 1.76 bits per heavy atom. The lowest BCUT2D eigenvalue weighted by Crippen LogP contribution is -2.14. The van der Waals surface area contributed by atoms with E-state index in [1.807, 2.05) is 41.1 Å². The highest BCUT2D eigenvalue weighted by atomic mass is 32.2. The van der Waals surface area contributed by atoms with Crippen molar-refractivity contribution in [2.45, 2.75) is 31.1 Å². The Labute approximate surface area is 170 Å². The van der Waals surface area contributed by atoms with Crippen LogP contribution in [0.5, 0.6) is 0 Å². The van der Waals surface area contributed by atoms with Crippen molar-refractivity contribution in [1.29, 1.82) is 0 Å². The van der Waals surface area contributed by atoms with Crippen LogP contribution in [0, 0.1) is 0 Å². The van der Waals surface area contributed by atoms with Crippen molar-refractivity contribution in [3.8, 4) is 11.3 Å². The number of imidazole rings is 1. The summed E-state index contributed by atoms with van der Waals surface area (Å²) in [6, 6.07) is 16.0. The van der Waals surface area contributed by atoms with E-state index in [1.165, 1.54) is 0 Å². The molecule has 2 aromatic heterocycles. The summed E-state index contributed by atoms with van der Waals surface area (Å²) in [5.41, 5.74) is 3.05. The maximum atomic E-state index is 12.8. The predicted octanol–water partition coefficient (Wildman–Crippen LogP) is 4.49. The molecule has 0 bridgehead atoms. The lowest BCUT2D eigenvalue weighted by atomic mass is 9.87. The SMILES string of the molecule is CC(C)(C)c1ccc(S(=O)(=O)Nc2cccc(-c3cn4cccnc4n3)c2)cc1. The van der Waals surface area contributed by atoms with Crippen LogP contribution in [0.3, 0.4) is 0 Å². The van der Waals surface area contributed by atoms with Crippen molar-refractivity contribution in [2.75, 3.05) is 4.72 Å². The van der Waals surface area contributed by atoms with E-state index in [-0.39, 0.29) is 10.3 Å². The molecule has 0 aliphatic rings. The van der Waals surface area contributed by atoms with Crippen molar-refractivity contribution in [1.82, 2.24) is 14.4 Å². The highest BCUT2D eigenvalue weighted by Crippen LogP contribution is 2.26. The molecule has 0 atom stereocenters. The minimum absolute atomic E-state index is 0.0347. The summed E-state index contributed by atoms with van der Waals surface area (Å²) in [6.45, 7) is 6.28. The van der Waals surface area contributed by atoms with Crippen molar-refractivity contribution >= 4 is 21.5 Å². The Morgan fingerprint density at radius 3 is 2.45 bits per heavy atom. The van der Waals surface area contributed by atoms with E-state index in [9.17, 15) is 8.42 Å². The average molecular weight is 407 g/mol. The van der Waals surface area contributed by atoms with E-state index < -0.39 is 10.0 Å². The summed E-state index contributed by atoms with van der Waals surface area (Å²) >= 11 is 0. The normalized spacial score (nSPS) is 12.2. The molecule has 2 aromatic carbocycles. The Bertz CT molecular complexity index is 1240. The van der Waals surface area contributed by atoms with Crippen LogP contribution in [0.1, 0.15) is 26.3 Å². The Kier molecular flexibility index (Phi) is 4.62. The first-order chi connectivity index (χ1) is 13.7. The molecule has 0 aliphatic carbocycles. The summed E-state index contributed by atoms with van der Waals surface area (Å²) in [5.74, 6) is 0.590. The summed E-state index contributed by atoms with van der Waals surface area (Å²) in [6.07, 6.45) is 5.41. The van der Waals surface area contributed by atoms with Gasteiger partial charge in [0.1, 0.15) is 0 Å². The van der Waals surface area contributed by atoms with Gasteiger partial charge < -0.3 is 0 Å². The minimum Gasteiger partial charge on any atom is -0.291 e. The van der Waals surface area contributed by atoms with Gasteiger partial charge in [-0.25, -0.2) is 18.4 Å². The maximum absolute atomic E-state index is 12.8. The van der Waals surface area contributed by atoms with Crippen LogP contribution < -0.4 is 4.72 Å². The number of hydrogen-bond donors (Lipinski definition) is 1. The third-order valence-electron chi connectivity index (χ3n) is 4.68. The fraction of sp³-hybridized carbons (Fsp3) is 0.182. The second-order valence-electron chi connectivity index (χ2n) is 7.91. The van der Waals surface area contributed by atoms with Gasteiger partial charge in [0.25, 0.3) is 10.0 Å². The molecule has 1 N–H and O–H groups in total. The molecule has 7 heteroatoms. The fourth-order valence-corrected chi connectivity index (χ4v) is 4.11. The zero-order valence-corrected chi connectivity index (χ0v) is 17.3. The summed E-state index contributed by atoms with van der Waals surface area (Å²) in [4.78, 5) is 8.93. The van der Waals surface area contributed by atoms with E-state index in [4.69, 9.17) is 0 Å². The van der Waals surface area contributed by atoms with Crippen molar-refractivity contribution in [2.24, 2.45) is 0 Å². The molecule has 29 heavy (non-hydrogen) atoms. The highest BCUT2D eigenvalue weighted by Gasteiger charge is 2.18. The zero-order chi connectivity index (χ0) is 20.6. The fourth-order valence-electron chi connectivity index (χ4n) is 3.06. The summed E-state index contributed by atoms with van der Waals surface area (Å²) in [7, 11) is -3.69. The van der Waals surface area contributed by atoms with Crippen LogP contribution in [0.4, 0.5) is 5.69 Å². The van der Waals surface area contributed by atoms with Gasteiger partial charge in [0.2, 0.25) is 5.78 Å². The first-order valence-corrected chi connectivity index (χ1v) is 10.7. The molecular weight excluding hydrogens is 384 g/mol. The van der Waals surface area contributed by atoms with Gasteiger partial charge in [-0.3, -0.25) is 9.12 Å². The third kappa shape index (κ3) is 4.00. The van der Waals surface area contributed by atoms with Gasteiger partial charge in [-0.1, -0.05) is 45.0 Å². The Hall–Kier alpha value is -3.19. The van der Waals surface area contributed by atoms with Crippen LogP contribution in [0.15, 0.2) is 78.1 Å². The second-order valence-corrected chi connectivity index (χ2v) is 9.60. The first-order valence-electron chi connectivity index (χ1n) is 9.26. The van der Waals surface area contributed by atoms with Crippen LogP contribution >= 0.6 is 0 Å². The number of sulfonamides is 1. The predicted molar refractivity (Wildman–Crippen MR) is 114 cm³/mol. The topological polar surface area (TPSA) is 76.4 Å². The summed E-state index contributed by atoms with van der Waals surface area (Å²) in [5, 5.41) is 0. The van der Waals surface area contributed by atoms with Gasteiger partial charge in [0.15, 0.2) is 0 Å². The monoisotopic (exact) mass is 406 g/mol. The van der Waals surface area contributed by atoms with E-state index in [1.54, 1.807) is 36.5 Å². The molecule has 0 radical (unpaired) electrons. The molecule has 0 saturated heterocycles. The van der Waals surface area contributed by atoms with Gasteiger partial charge in [-0.15, -0.1) is 0 Å². The van der Waals surface area contributed by atoms with Crippen LogP contribution in [-0.2, 0) is 15.4 Å². The number of fused-ring (bicyclic) bond motifs is 1. The number of nitrogens with zero attached hydrogens (tertiary/aromatic N) is 3. The lowest BCUT2D eigenvalue weighted by molar-refractivity contribution is 0.587. The third-order valence-corrected chi connectivity index (χ3v) is 6.07. The Balaban J connectivity index is 1.61. The van der Waals surface area contributed by atoms with E-state index in [0.29, 0.717) is 11.5 Å². The number of rotatable bonds is 4. The molecule has 0 amide bonds. The number of anilines is 1. The van der Waals surface area contributed by atoms with Gasteiger partial charge >= 0.3 is 0 Å². The molecule has 6 nitrogen and oxygen atoms in total. The van der Waals surface area contributed by atoms with Crippen LogP contribution in [0.2, 0.25) is 0 Å².